The van der Waals surface area contributed by atoms with Gasteiger partial charge in [0.1, 0.15) is 17.8 Å². The van der Waals surface area contributed by atoms with Gasteiger partial charge >= 0.3 is 0 Å². The summed E-state index contributed by atoms with van der Waals surface area (Å²) in [5, 5.41) is 0. The summed E-state index contributed by atoms with van der Waals surface area (Å²) in [5.41, 5.74) is 0.691. The van der Waals surface area contributed by atoms with Gasteiger partial charge in [-0.2, -0.15) is 0 Å². The van der Waals surface area contributed by atoms with Crippen molar-refractivity contribution in [2.45, 2.75) is 18.9 Å². The molecule has 1 aromatic rings. The summed E-state index contributed by atoms with van der Waals surface area (Å²) in [5.74, 6) is 1.29. The van der Waals surface area contributed by atoms with Crippen molar-refractivity contribution >= 4 is 11.7 Å². The van der Waals surface area contributed by atoms with Gasteiger partial charge in [-0.25, -0.2) is 9.97 Å². The Morgan fingerprint density at radius 1 is 1.11 bits per heavy atom. The summed E-state index contributed by atoms with van der Waals surface area (Å²) in [4.78, 5) is 28.8. The number of fused-ring (bicyclic) bond motifs is 2. The molecule has 4 aliphatic rings. The Morgan fingerprint density at radius 3 is 2.68 bits per heavy atom. The molecule has 0 N–H and O–H groups in total. The summed E-state index contributed by atoms with van der Waals surface area (Å²) in [6.45, 7) is 7.42. The van der Waals surface area contributed by atoms with Gasteiger partial charge in [0.2, 0.25) is 0 Å². The molecule has 8 heteroatoms. The van der Waals surface area contributed by atoms with Crippen molar-refractivity contribution in [2.75, 3.05) is 71.1 Å². The number of carbonyl (C=O) groups is 1. The van der Waals surface area contributed by atoms with Crippen molar-refractivity contribution in [3.8, 4) is 0 Å². The Kier molecular flexibility index (Phi) is 4.72. The van der Waals surface area contributed by atoms with E-state index in [-0.39, 0.29) is 17.4 Å². The second kappa shape index (κ2) is 7.24. The Morgan fingerprint density at radius 2 is 1.89 bits per heavy atom. The van der Waals surface area contributed by atoms with Gasteiger partial charge in [0.05, 0.1) is 32.5 Å². The molecule has 4 aliphatic heterocycles. The lowest BCUT2D eigenvalue weighted by Gasteiger charge is -2.40. The second-order valence-electron chi connectivity index (χ2n) is 8.67. The van der Waals surface area contributed by atoms with Gasteiger partial charge in [-0.15, -0.1) is 0 Å². The van der Waals surface area contributed by atoms with E-state index in [9.17, 15) is 4.79 Å². The first-order valence-electron chi connectivity index (χ1n) is 10.4. The lowest BCUT2D eigenvalue weighted by molar-refractivity contribution is 0.0495. The first kappa shape index (κ1) is 18.3. The highest BCUT2D eigenvalue weighted by molar-refractivity contribution is 5.93. The van der Waals surface area contributed by atoms with Crippen LogP contribution in [0.15, 0.2) is 12.4 Å². The zero-order chi connectivity index (χ0) is 19.1. The van der Waals surface area contributed by atoms with Gasteiger partial charge in [0, 0.05) is 31.6 Å². The van der Waals surface area contributed by atoms with Crippen LogP contribution in [-0.2, 0) is 9.47 Å². The number of likely N-dealkylation sites (tertiary alicyclic amines) is 2. The Bertz CT molecular complexity index is 730. The molecule has 0 bridgehead atoms. The van der Waals surface area contributed by atoms with Crippen molar-refractivity contribution in [3.63, 3.8) is 0 Å². The van der Waals surface area contributed by atoms with E-state index in [2.05, 4.69) is 31.7 Å². The van der Waals surface area contributed by atoms with E-state index in [0.717, 1.165) is 58.0 Å². The molecule has 2 atom stereocenters. The van der Waals surface area contributed by atoms with E-state index in [0.29, 0.717) is 31.4 Å². The van der Waals surface area contributed by atoms with Crippen LogP contribution in [0, 0.1) is 11.3 Å². The lowest BCUT2D eigenvalue weighted by Crippen LogP contribution is -2.43. The third-order valence-electron chi connectivity index (χ3n) is 7.17. The molecule has 5 rings (SSSR count). The fraction of sp³-hybridized carbons (Fsp3) is 0.750. The van der Waals surface area contributed by atoms with Crippen LogP contribution in [0.1, 0.15) is 23.3 Å². The molecule has 152 valence electrons. The molecule has 4 saturated heterocycles. The van der Waals surface area contributed by atoms with E-state index < -0.39 is 0 Å². The summed E-state index contributed by atoms with van der Waals surface area (Å²) >= 11 is 0. The number of carbonyl (C=O) groups excluding carboxylic acids is 1. The normalized spacial score (nSPS) is 30.0. The number of amides is 1. The number of ether oxygens (including phenoxy) is 2. The summed E-state index contributed by atoms with van der Waals surface area (Å²) in [6, 6.07) is 2.02. The van der Waals surface area contributed by atoms with E-state index in [1.807, 2.05) is 6.07 Å². The Balaban J connectivity index is 1.38. The van der Waals surface area contributed by atoms with E-state index in [1.54, 1.807) is 0 Å². The number of anilines is 1. The first-order chi connectivity index (χ1) is 13.7. The van der Waals surface area contributed by atoms with Crippen molar-refractivity contribution in [3.05, 3.63) is 18.1 Å². The minimum absolute atomic E-state index is 0.0215. The van der Waals surface area contributed by atoms with Crippen LogP contribution >= 0.6 is 0 Å². The first-order valence-corrected chi connectivity index (χ1v) is 10.4. The summed E-state index contributed by atoms with van der Waals surface area (Å²) in [7, 11) is 2.18. The molecule has 8 nitrogen and oxygen atoms in total. The average molecular weight is 387 g/mol. The monoisotopic (exact) mass is 387 g/mol. The van der Waals surface area contributed by atoms with E-state index >= 15 is 0 Å². The molecular weight excluding hydrogens is 358 g/mol. The van der Waals surface area contributed by atoms with E-state index in [1.165, 1.54) is 6.33 Å². The number of hydrogen-bond acceptors (Lipinski definition) is 7. The van der Waals surface area contributed by atoms with Gasteiger partial charge in [0.15, 0.2) is 0 Å². The highest BCUT2D eigenvalue weighted by Crippen LogP contribution is 2.50. The number of aromatic nitrogens is 2. The van der Waals surface area contributed by atoms with Gasteiger partial charge in [-0.3, -0.25) is 4.79 Å². The van der Waals surface area contributed by atoms with Crippen LogP contribution < -0.4 is 4.90 Å². The van der Waals surface area contributed by atoms with Gasteiger partial charge in [-0.1, -0.05) is 0 Å². The number of morpholine rings is 1. The van der Waals surface area contributed by atoms with Crippen molar-refractivity contribution in [2.24, 2.45) is 11.3 Å². The van der Waals surface area contributed by atoms with Crippen molar-refractivity contribution < 1.29 is 14.3 Å². The Labute approximate surface area is 165 Å². The minimum atomic E-state index is 0.0215. The maximum absolute atomic E-state index is 13.4. The van der Waals surface area contributed by atoms with Crippen molar-refractivity contribution in [1.29, 1.82) is 0 Å². The van der Waals surface area contributed by atoms with Crippen LogP contribution in [0.4, 0.5) is 5.82 Å². The molecule has 4 fully saturated rings. The standard InChI is InChI=1S/C20H29N5O3/c1-23-4-2-20(3-5-23)13-25(17-12-28-11-15(17)20)19(26)16-10-18(22-14-21-16)24-6-8-27-9-7-24/h10,14-15,17H,2-9,11-13H2,1H3/t15-,17+/m0/s1. The molecule has 0 radical (unpaired) electrons. The molecule has 0 saturated carbocycles. The minimum Gasteiger partial charge on any atom is -0.379 e. The number of nitrogens with zero attached hydrogens (tertiary/aromatic N) is 5. The fourth-order valence-electron chi connectivity index (χ4n) is 5.40. The third kappa shape index (κ3) is 3.07. The summed E-state index contributed by atoms with van der Waals surface area (Å²) in [6.07, 6.45) is 3.79. The largest absolute Gasteiger partial charge is 0.379 e. The van der Waals surface area contributed by atoms with Crippen LogP contribution in [0.25, 0.3) is 0 Å². The third-order valence-corrected chi connectivity index (χ3v) is 7.17. The van der Waals surface area contributed by atoms with Crippen molar-refractivity contribution in [1.82, 2.24) is 19.8 Å². The van der Waals surface area contributed by atoms with Crippen LogP contribution in [-0.4, -0.2) is 97.9 Å². The summed E-state index contributed by atoms with van der Waals surface area (Å²) < 4.78 is 11.3. The predicted molar refractivity (Wildman–Crippen MR) is 103 cm³/mol. The van der Waals surface area contributed by atoms with Crippen LogP contribution in [0.5, 0.6) is 0 Å². The molecular formula is C20H29N5O3. The fourth-order valence-corrected chi connectivity index (χ4v) is 5.40. The average Bonchev–Trinajstić information content (AvgIpc) is 3.34. The maximum Gasteiger partial charge on any atom is 0.273 e. The molecule has 5 heterocycles. The zero-order valence-electron chi connectivity index (χ0n) is 16.5. The topological polar surface area (TPSA) is 71.0 Å². The number of rotatable bonds is 2. The quantitative estimate of drug-likeness (QED) is 0.732. The molecule has 1 amide bonds. The highest BCUT2D eigenvalue weighted by Gasteiger charge is 2.56. The molecule has 28 heavy (non-hydrogen) atoms. The predicted octanol–water partition coefficient (Wildman–Crippen LogP) is 0.496. The number of hydrogen-bond donors (Lipinski definition) is 0. The zero-order valence-corrected chi connectivity index (χ0v) is 16.5. The van der Waals surface area contributed by atoms with Gasteiger partial charge in [-0.05, 0) is 38.4 Å². The highest BCUT2D eigenvalue weighted by atomic mass is 16.5. The molecule has 1 spiro atoms. The lowest BCUT2D eigenvalue weighted by atomic mass is 9.70. The van der Waals surface area contributed by atoms with E-state index in [4.69, 9.17) is 9.47 Å². The molecule has 0 unspecified atom stereocenters. The van der Waals surface area contributed by atoms with Crippen LogP contribution in [0.2, 0.25) is 0 Å². The molecule has 1 aromatic heterocycles. The molecule has 0 aromatic carbocycles. The Hall–Kier alpha value is -1.77. The smallest absolute Gasteiger partial charge is 0.273 e. The SMILES string of the molecule is CN1CCC2(CC1)CN(C(=O)c1cc(N3CCOCC3)ncn1)[C@@H]1COC[C@@H]12. The van der Waals surface area contributed by atoms with Crippen LogP contribution in [0.3, 0.4) is 0 Å². The molecule has 0 aliphatic carbocycles. The van der Waals surface area contributed by atoms with Gasteiger partial charge in [0.25, 0.3) is 5.91 Å². The maximum atomic E-state index is 13.4. The van der Waals surface area contributed by atoms with Gasteiger partial charge < -0.3 is 24.2 Å². The number of piperidine rings is 1. The second-order valence-corrected chi connectivity index (χ2v) is 8.67.